The number of hydrogen-bond donors (Lipinski definition) is 1. The van der Waals surface area contributed by atoms with Crippen molar-refractivity contribution in [3.05, 3.63) is 64.1 Å². The molecule has 23 heavy (non-hydrogen) atoms. The minimum absolute atomic E-state index is 0.0459. The largest absolute Gasteiger partial charge is 0.484 e. The number of hydrogen-bond acceptors (Lipinski definition) is 3. The molecule has 0 aromatic heterocycles. The van der Waals surface area contributed by atoms with Crippen molar-refractivity contribution in [2.75, 3.05) is 18.9 Å². The quantitative estimate of drug-likeness (QED) is 0.683. The lowest BCUT2D eigenvalue weighted by Gasteiger charge is -2.07. The van der Waals surface area contributed by atoms with Crippen molar-refractivity contribution in [3.8, 4) is 5.75 Å². The van der Waals surface area contributed by atoms with Gasteiger partial charge in [-0.2, -0.15) is 11.8 Å². The highest BCUT2D eigenvalue weighted by Gasteiger charge is 2.02. The predicted molar refractivity (Wildman–Crippen MR) is 100.0 cm³/mol. The second kappa shape index (κ2) is 9.63. The third-order valence-electron chi connectivity index (χ3n) is 3.14. The Balaban J connectivity index is 1.56. The van der Waals surface area contributed by atoms with Crippen molar-refractivity contribution >= 4 is 33.6 Å². The van der Waals surface area contributed by atoms with Gasteiger partial charge in [0.1, 0.15) is 5.75 Å². The Morgan fingerprint density at radius 1 is 1.13 bits per heavy atom. The Labute approximate surface area is 149 Å². The predicted octanol–water partition coefficient (Wildman–Crippen LogP) is 4.19. The van der Waals surface area contributed by atoms with Gasteiger partial charge in [-0.05, 0) is 36.8 Å². The molecule has 2 aromatic carbocycles. The summed E-state index contributed by atoms with van der Waals surface area (Å²) in [5, 5.41) is 2.87. The van der Waals surface area contributed by atoms with Gasteiger partial charge in [0.15, 0.2) is 6.61 Å². The second-order valence-electron chi connectivity index (χ2n) is 5.13. The zero-order chi connectivity index (χ0) is 16.5. The summed E-state index contributed by atoms with van der Waals surface area (Å²) < 4.78 is 6.41. The van der Waals surface area contributed by atoms with Crippen LogP contribution in [0.25, 0.3) is 0 Å². The maximum Gasteiger partial charge on any atom is 0.257 e. The lowest BCUT2D eigenvalue weighted by atomic mass is 10.2. The average Bonchev–Trinajstić information content (AvgIpc) is 2.56. The van der Waals surface area contributed by atoms with Crippen LogP contribution in [0.5, 0.6) is 5.75 Å². The van der Waals surface area contributed by atoms with Crippen molar-refractivity contribution in [1.29, 1.82) is 0 Å². The number of aryl methyl sites for hydroxylation is 1. The number of thioether (sulfide) groups is 1. The summed E-state index contributed by atoms with van der Waals surface area (Å²) in [7, 11) is 0. The highest BCUT2D eigenvalue weighted by Crippen LogP contribution is 2.16. The molecule has 122 valence electrons. The van der Waals surface area contributed by atoms with Gasteiger partial charge in [0, 0.05) is 22.5 Å². The summed E-state index contributed by atoms with van der Waals surface area (Å²) in [4.78, 5) is 11.7. The van der Waals surface area contributed by atoms with E-state index in [9.17, 15) is 4.79 Å². The monoisotopic (exact) mass is 393 g/mol. The van der Waals surface area contributed by atoms with Crippen LogP contribution in [-0.2, 0) is 10.5 Å². The van der Waals surface area contributed by atoms with Crippen molar-refractivity contribution in [3.63, 3.8) is 0 Å². The van der Waals surface area contributed by atoms with Gasteiger partial charge in [-0.25, -0.2) is 0 Å². The molecule has 0 saturated heterocycles. The lowest BCUT2D eigenvalue weighted by Crippen LogP contribution is -2.30. The van der Waals surface area contributed by atoms with Crippen LogP contribution in [0.3, 0.4) is 0 Å². The third kappa shape index (κ3) is 7.10. The fraction of sp³-hybridized carbons (Fsp3) is 0.278. The van der Waals surface area contributed by atoms with Crippen LogP contribution in [0.15, 0.2) is 53.0 Å². The molecule has 0 bridgehead atoms. The first kappa shape index (κ1) is 17.9. The molecule has 0 radical (unpaired) electrons. The van der Waals surface area contributed by atoms with E-state index >= 15 is 0 Å². The van der Waals surface area contributed by atoms with Gasteiger partial charge in [0.2, 0.25) is 0 Å². The summed E-state index contributed by atoms with van der Waals surface area (Å²) in [6.45, 7) is 2.78. The number of carbonyl (C=O) groups excluding carboxylic acids is 1. The smallest absolute Gasteiger partial charge is 0.257 e. The van der Waals surface area contributed by atoms with Gasteiger partial charge < -0.3 is 10.1 Å². The fourth-order valence-corrected chi connectivity index (χ4v) is 2.95. The standard InChI is InChI=1S/C18H20BrNO2S/c1-14-2-4-15(5-3-14)13-23-11-10-20-18(21)12-22-17-8-6-16(19)7-9-17/h2-9H,10-13H2,1H3,(H,20,21). The van der Waals surface area contributed by atoms with E-state index in [0.29, 0.717) is 12.3 Å². The van der Waals surface area contributed by atoms with Gasteiger partial charge in [0.25, 0.3) is 5.91 Å². The number of carbonyl (C=O) groups is 1. The molecule has 2 aromatic rings. The summed E-state index contributed by atoms with van der Waals surface area (Å²) in [6.07, 6.45) is 0. The number of nitrogens with one attached hydrogen (secondary N) is 1. The van der Waals surface area contributed by atoms with Gasteiger partial charge in [-0.15, -0.1) is 0 Å². The van der Waals surface area contributed by atoms with E-state index in [0.717, 1.165) is 16.0 Å². The van der Waals surface area contributed by atoms with E-state index < -0.39 is 0 Å². The first-order valence-corrected chi connectivity index (χ1v) is 9.36. The molecule has 0 atom stereocenters. The maximum absolute atomic E-state index is 11.7. The van der Waals surface area contributed by atoms with E-state index in [2.05, 4.69) is 52.4 Å². The molecule has 2 rings (SSSR count). The topological polar surface area (TPSA) is 38.3 Å². The molecule has 3 nitrogen and oxygen atoms in total. The second-order valence-corrected chi connectivity index (χ2v) is 7.15. The summed E-state index contributed by atoms with van der Waals surface area (Å²) in [5.74, 6) is 2.45. The number of amides is 1. The molecule has 1 amide bonds. The van der Waals surface area contributed by atoms with Crippen molar-refractivity contribution < 1.29 is 9.53 Å². The van der Waals surface area contributed by atoms with Crippen LogP contribution >= 0.6 is 27.7 Å². The summed E-state index contributed by atoms with van der Waals surface area (Å²) in [5.41, 5.74) is 2.59. The van der Waals surface area contributed by atoms with E-state index in [1.165, 1.54) is 11.1 Å². The molecule has 5 heteroatoms. The number of benzene rings is 2. The van der Waals surface area contributed by atoms with E-state index in [4.69, 9.17) is 4.74 Å². The third-order valence-corrected chi connectivity index (χ3v) is 4.70. The Kier molecular flexibility index (Phi) is 7.49. The Hall–Kier alpha value is -1.46. The van der Waals surface area contributed by atoms with Crippen molar-refractivity contribution in [1.82, 2.24) is 5.32 Å². The number of halogens is 1. The number of ether oxygens (including phenoxy) is 1. The Morgan fingerprint density at radius 2 is 1.83 bits per heavy atom. The molecular formula is C18H20BrNO2S. The molecule has 1 N–H and O–H groups in total. The van der Waals surface area contributed by atoms with Crippen molar-refractivity contribution in [2.24, 2.45) is 0 Å². The average molecular weight is 394 g/mol. The van der Waals surface area contributed by atoms with Crippen LogP contribution in [0.2, 0.25) is 0 Å². The van der Waals surface area contributed by atoms with Crippen LogP contribution in [-0.4, -0.2) is 24.8 Å². The van der Waals surface area contributed by atoms with Crippen LogP contribution in [0.4, 0.5) is 0 Å². The Bertz CT molecular complexity index is 614. The first-order valence-electron chi connectivity index (χ1n) is 7.42. The first-order chi connectivity index (χ1) is 11.1. The zero-order valence-electron chi connectivity index (χ0n) is 13.0. The van der Waals surface area contributed by atoms with E-state index in [-0.39, 0.29) is 12.5 Å². The fourth-order valence-electron chi connectivity index (χ4n) is 1.87. The van der Waals surface area contributed by atoms with Gasteiger partial charge in [-0.1, -0.05) is 45.8 Å². The van der Waals surface area contributed by atoms with Gasteiger partial charge in [-0.3, -0.25) is 4.79 Å². The normalized spacial score (nSPS) is 10.3. The summed E-state index contributed by atoms with van der Waals surface area (Å²) >= 11 is 5.17. The van der Waals surface area contributed by atoms with Crippen LogP contribution in [0.1, 0.15) is 11.1 Å². The number of rotatable bonds is 8. The Morgan fingerprint density at radius 3 is 2.52 bits per heavy atom. The maximum atomic E-state index is 11.7. The molecule has 0 aliphatic carbocycles. The molecule has 0 heterocycles. The van der Waals surface area contributed by atoms with E-state index in [1.807, 2.05) is 36.0 Å². The minimum Gasteiger partial charge on any atom is -0.484 e. The van der Waals surface area contributed by atoms with Crippen LogP contribution in [0, 0.1) is 6.92 Å². The zero-order valence-corrected chi connectivity index (χ0v) is 15.5. The molecule has 0 fully saturated rings. The van der Waals surface area contributed by atoms with Crippen LogP contribution < -0.4 is 10.1 Å². The summed E-state index contributed by atoms with van der Waals surface area (Å²) in [6, 6.07) is 16.0. The SMILES string of the molecule is Cc1ccc(CSCCNC(=O)COc2ccc(Br)cc2)cc1. The molecule has 0 saturated carbocycles. The molecule has 0 aliphatic heterocycles. The van der Waals surface area contributed by atoms with Crippen molar-refractivity contribution in [2.45, 2.75) is 12.7 Å². The highest BCUT2D eigenvalue weighted by molar-refractivity contribution is 9.10. The highest BCUT2D eigenvalue weighted by atomic mass is 79.9. The lowest BCUT2D eigenvalue weighted by molar-refractivity contribution is -0.122. The van der Waals surface area contributed by atoms with Gasteiger partial charge in [0.05, 0.1) is 0 Å². The molecule has 0 aliphatic rings. The molecule has 0 unspecified atom stereocenters. The minimum atomic E-state index is -0.0937. The molecule has 0 spiro atoms. The van der Waals surface area contributed by atoms with E-state index in [1.54, 1.807) is 0 Å². The molecular weight excluding hydrogens is 374 g/mol. The van der Waals surface area contributed by atoms with Gasteiger partial charge >= 0.3 is 0 Å².